The molecule has 2 fully saturated rings. The van der Waals surface area contributed by atoms with E-state index in [4.69, 9.17) is 0 Å². The normalized spacial score (nSPS) is 18.4. The Balaban J connectivity index is 1.21. The molecule has 1 saturated heterocycles. The summed E-state index contributed by atoms with van der Waals surface area (Å²) in [5.41, 5.74) is 2.20. The van der Waals surface area contributed by atoms with E-state index >= 15 is 0 Å². The number of carbonyl (C=O) groups excluding carboxylic acids is 4. The van der Waals surface area contributed by atoms with E-state index in [-0.39, 0.29) is 36.1 Å². The summed E-state index contributed by atoms with van der Waals surface area (Å²) in [6.07, 6.45) is 1.98. The second-order valence-electron chi connectivity index (χ2n) is 8.33. The van der Waals surface area contributed by atoms with Crippen molar-refractivity contribution >= 4 is 23.6 Å². The Hall–Kier alpha value is -3.48. The van der Waals surface area contributed by atoms with Gasteiger partial charge in [0.1, 0.15) is 0 Å². The molecule has 0 unspecified atom stereocenters. The van der Waals surface area contributed by atoms with E-state index in [9.17, 15) is 19.2 Å². The van der Waals surface area contributed by atoms with Crippen LogP contribution < -0.4 is 0 Å². The summed E-state index contributed by atoms with van der Waals surface area (Å²) in [5.74, 6) is -0.217. The summed E-state index contributed by atoms with van der Waals surface area (Å²) in [4.78, 5) is 54.9. The molecular weight excluding hydrogens is 394 g/mol. The predicted octanol–water partition coefficient (Wildman–Crippen LogP) is 2.18. The smallest absolute Gasteiger partial charge is 0.261 e. The molecule has 5 rings (SSSR count). The molecule has 7 nitrogen and oxygen atoms in total. The molecule has 31 heavy (non-hydrogen) atoms. The van der Waals surface area contributed by atoms with Gasteiger partial charge in [-0.3, -0.25) is 24.1 Å². The van der Waals surface area contributed by atoms with Crippen LogP contribution >= 0.6 is 0 Å². The maximum absolute atomic E-state index is 12.8. The van der Waals surface area contributed by atoms with Crippen molar-refractivity contribution in [2.24, 2.45) is 5.92 Å². The second-order valence-corrected chi connectivity index (χ2v) is 8.33. The van der Waals surface area contributed by atoms with Crippen LogP contribution in [0.2, 0.25) is 0 Å². The van der Waals surface area contributed by atoms with Crippen LogP contribution in [0.15, 0.2) is 48.5 Å². The van der Waals surface area contributed by atoms with E-state index in [1.54, 1.807) is 53.4 Å². The van der Waals surface area contributed by atoms with Gasteiger partial charge in [0.15, 0.2) is 0 Å². The van der Waals surface area contributed by atoms with Crippen molar-refractivity contribution in [3.8, 4) is 0 Å². The first-order valence-corrected chi connectivity index (χ1v) is 10.6. The number of hydrogen-bond acceptors (Lipinski definition) is 4. The van der Waals surface area contributed by atoms with Crippen LogP contribution in [-0.2, 0) is 11.3 Å². The number of rotatable bonds is 4. The van der Waals surface area contributed by atoms with Crippen LogP contribution in [0.1, 0.15) is 49.5 Å². The molecule has 0 spiro atoms. The molecule has 4 amide bonds. The summed E-state index contributed by atoms with van der Waals surface area (Å²) in [6.45, 7) is 2.41. The van der Waals surface area contributed by atoms with Crippen molar-refractivity contribution in [3.05, 3.63) is 70.8 Å². The monoisotopic (exact) mass is 417 g/mol. The molecule has 7 heteroatoms. The van der Waals surface area contributed by atoms with Crippen molar-refractivity contribution in [3.63, 3.8) is 0 Å². The van der Waals surface area contributed by atoms with Crippen molar-refractivity contribution in [2.75, 3.05) is 26.2 Å². The predicted molar refractivity (Wildman–Crippen MR) is 112 cm³/mol. The number of carbonyl (C=O) groups is 4. The SMILES string of the molecule is O=C(c1ccc(CN2C(=O)c3ccccc3C2=O)cc1)N1CCN(C(=O)C2CC2)CC1. The molecule has 0 bridgehead atoms. The van der Waals surface area contributed by atoms with Gasteiger partial charge in [0.2, 0.25) is 5.91 Å². The molecule has 0 atom stereocenters. The van der Waals surface area contributed by atoms with E-state index in [1.165, 1.54) is 4.90 Å². The van der Waals surface area contributed by atoms with Crippen LogP contribution in [0.5, 0.6) is 0 Å². The van der Waals surface area contributed by atoms with Crippen LogP contribution in [0.3, 0.4) is 0 Å². The highest BCUT2D eigenvalue weighted by Crippen LogP contribution is 2.31. The number of nitrogens with zero attached hydrogens (tertiary/aromatic N) is 3. The lowest BCUT2D eigenvalue weighted by Crippen LogP contribution is -2.51. The number of benzene rings is 2. The zero-order valence-electron chi connectivity index (χ0n) is 17.1. The molecule has 2 aromatic carbocycles. The molecule has 3 aliphatic rings. The Labute approximate surface area is 180 Å². The Morgan fingerprint density at radius 2 is 1.32 bits per heavy atom. The first kappa shape index (κ1) is 19.5. The van der Waals surface area contributed by atoms with E-state index < -0.39 is 0 Å². The number of hydrogen-bond donors (Lipinski definition) is 0. The summed E-state index contributed by atoms with van der Waals surface area (Å²) in [7, 11) is 0. The van der Waals surface area contributed by atoms with Crippen molar-refractivity contribution in [1.29, 1.82) is 0 Å². The molecule has 2 aliphatic heterocycles. The molecular formula is C24H23N3O4. The third-order valence-corrected chi connectivity index (χ3v) is 6.22. The maximum atomic E-state index is 12.8. The minimum atomic E-state index is -0.292. The van der Waals surface area contributed by atoms with E-state index in [1.807, 2.05) is 4.90 Å². The number of fused-ring (bicyclic) bond motifs is 1. The van der Waals surface area contributed by atoms with Crippen LogP contribution in [0.25, 0.3) is 0 Å². The topological polar surface area (TPSA) is 78.0 Å². The maximum Gasteiger partial charge on any atom is 0.261 e. The second kappa shape index (κ2) is 7.65. The zero-order chi connectivity index (χ0) is 21.5. The van der Waals surface area contributed by atoms with Gasteiger partial charge in [-0.1, -0.05) is 24.3 Å². The fourth-order valence-electron chi connectivity index (χ4n) is 4.22. The van der Waals surface area contributed by atoms with Gasteiger partial charge in [-0.15, -0.1) is 0 Å². The fourth-order valence-corrected chi connectivity index (χ4v) is 4.22. The molecule has 158 valence electrons. The van der Waals surface area contributed by atoms with E-state index in [2.05, 4.69) is 0 Å². The molecule has 1 saturated carbocycles. The third kappa shape index (κ3) is 3.60. The number of imide groups is 1. The average Bonchev–Trinajstić information content (AvgIpc) is 3.64. The summed E-state index contributed by atoms with van der Waals surface area (Å²) >= 11 is 0. The molecule has 0 aromatic heterocycles. The molecule has 0 N–H and O–H groups in total. The molecule has 0 radical (unpaired) electrons. The van der Waals surface area contributed by atoms with Gasteiger partial charge in [0.05, 0.1) is 17.7 Å². The quantitative estimate of drug-likeness (QED) is 0.715. The average molecular weight is 417 g/mol. The lowest BCUT2D eigenvalue weighted by atomic mass is 10.1. The minimum Gasteiger partial charge on any atom is -0.339 e. The first-order chi connectivity index (χ1) is 15.0. The van der Waals surface area contributed by atoms with Gasteiger partial charge < -0.3 is 9.80 Å². The zero-order valence-corrected chi connectivity index (χ0v) is 17.1. The first-order valence-electron chi connectivity index (χ1n) is 10.6. The highest BCUT2D eigenvalue weighted by Gasteiger charge is 2.36. The summed E-state index contributed by atoms with van der Waals surface area (Å²) in [6, 6.07) is 13.8. The van der Waals surface area contributed by atoms with Crippen LogP contribution in [0, 0.1) is 5.92 Å². The molecule has 1 aliphatic carbocycles. The van der Waals surface area contributed by atoms with Crippen molar-refractivity contribution in [1.82, 2.24) is 14.7 Å². The number of piperazine rings is 1. The largest absolute Gasteiger partial charge is 0.339 e. The van der Waals surface area contributed by atoms with Gasteiger partial charge in [0, 0.05) is 37.7 Å². The standard InChI is InChI=1S/C24H23N3O4/c28-21(25-11-13-26(14-12-25)22(29)18-9-10-18)17-7-5-16(6-8-17)15-27-23(30)19-3-1-2-4-20(19)24(27)31/h1-8,18H,9-15H2. The van der Waals surface area contributed by atoms with Gasteiger partial charge >= 0.3 is 0 Å². The fraction of sp³-hybridized carbons (Fsp3) is 0.333. The number of amides is 4. The van der Waals surface area contributed by atoms with Crippen molar-refractivity contribution < 1.29 is 19.2 Å². The molecule has 2 aromatic rings. The summed E-state index contributed by atoms with van der Waals surface area (Å²) in [5, 5.41) is 0. The summed E-state index contributed by atoms with van der Waals surface area (Å²) < 4.78 is 0. The highest BCUT2D eigenvalue weighted by atomic mass is 16.2. The Kier molecular flexibility index (Phi) is 4.81. The van der Waals surface area contributed by atoms with E-state index in [0.717, 1.165) is 18.4 Å². The van der Waals surface area contributed by atoms with E-state index in [0.29, 0.717) is 42.9 Å². The highest BCUT2D eigenvalue weighted by molar-refractivity contribution is 6.21. The minimum absolute atomic E-state index is 0.0641. The Bertz CT molecular complexity index is 1030. The third-order valence-electron chi connectivity index (χ3n) is 6.22. The van der Waals surface area contributed by atoms with Crippen molar-refractivity contribution in [2.45, 2.75) is 19.4 Å². The van der Waals surface area contributed by atoms with Gasteiger partial charge in [0.25, 0.3) is 17.7 Å². The Morgan fingerprint density at radius 3 is 1.87 bits per heavy atom. The van der Waals surface area contributed by atoms with Crippen LogP contribution in [0.4, 0.5) is 0 Å². The van der Waals surface area contributed by atoms with Crippen LogP contribution in [-0.4, -0.2) is 64.5 Å². The Morgan fingerprint density at radius 1 is 0.774 bits per heavy atom. The lowest BCUT2D eigenvalue weighted by molar-refractivity contribution is -0.134. The molecule has 2 heterocycles. The van der Waals surface area contributed by atoms with Gasteiger partial charge in [-0.25, -0.2) is 0 Å². The van der Waals surface area contributed by atoms with Gasteiger partial charge in [-0.2, -0.15) is 0 Å². The lowest BCUT2D eigenvalue weighted by Gasteiger charge is -2.35. The van der Waals surface area contributed by atoms with Gasteiger partial charge in [-0.05, 0) is 42.7 Å².